The van der Waals surface area contributed by atoms with Crippen molar-refractivity contribution in [1.82, 2.24) is 54.5 Å². The highest BCUT2D eigenvalue weighted by atomic mass is 35.5. The Bertz CT molecular complexity index is 4770. The van der Waals surface area contributed by atoms with Gasteiger partial charge in [0.15, 0.2) is 33.7 Å². The molecule has 111 heavy (non-hydrogen) atoms. The van der Waals surface area contributed by atoms with Gasteiger partial charge in [0.1, 0.15) is 19.0 Å². The molecule has 7 aromatic carbocycles. The highest BCUT2D eigenvalue weighted by Gasteiger charge is 2.32. The number of rotatable bonds is 13. The summed E-state index contributed by atoms with van der Waals surface area (Å²) in [6.07, 6.45) is -4.92. The average molecular weight is 1770 g/mol. The Morgan fingerprint density at radius 2 is 0.892 bits per heavy atom. The van der Waals surface area contributed by atoms with Crippen LogP contribution >= 0.6 is 116 Å². The number of carbonyl (C=O) groups is 4. The van der Waals surface area contributed by atoms with Crippen LogP contribution in [0, 0.1) is 12.0 Å². The van der Waals surface area contributed by atoms with Crippen molar-refractivity contribution in [2.45, 2.75) is 54.1 Å². The van der Waals surface area contributed by atoms with Crippen LogP contribution in [0.5, 0.6) is 28.7 Å². The van der Waals surface area contributed by atoms with Gasteiger partial charge in [0, 0.05) is 34.2 Å². The number of carboxylic acid groups (broad SMARTS) is 1. The lowest BCUT2D eigenvalue weighted by Crippen LogP contribution is -3.00. The minimum absolute atomic E-state index is 0. The maximum absolute atomic E-state index is 12.8. The highest BCUT2D eigenvalue weighted by molar-refractivity contribution is 6.39. The molecule has 0 fully saturated rings. The number of carboxylic acids is 1. The second-order valence-electron chi connectivity index (χ2n) is 20.2. The van der Waals surface area contributed by atoms with Gasteiger partial charge in [-0.3, -0.25) is 4.79 Å². The standard InChI is InChI=1S/C18H13Cl2F3N4O2.C11H9Cl2N3O3.C9H5Cl2N3O3.C9H10F3N.C6H2Cl2N2O.C6H5Cl2NO.C5H7NO2.2CH4.B.ClH/c1-26(8-10-3-2-4-11(5-10)18(21,22)23)17(29)16-24-9-27(25-16)12-6-13(19)15(28)14(20)7-12;1-2-19-11(18)10-14-5-16(15-10)6-3-7(12)9(17)8(13)4-6;10-5-1-4(2-6(11)7(5)15)14-3-12-8(13-14)9(16)17;1-13-6-7-3-2-4-8(5-7)9(10,11)12;7-4-1-3(10-9)2-5(8)6(4)11;7-4-1-3(9)2-5(8)6(4)10;1-3-8-5(7)4-6-2;;;;/h2-7,9,28H,8H2,1H3;3-5,17H,2H2,1H3;1-3,15H,(H,16,17);2-5,13H,6H2,1H3;1-2H;1-2,10H,9H2;3-4H2,1H3;2*1H4;;1H. The van der Waals surface area contributed by atoms with Gasteiger partial charge in [-0.15, -0.1) is 15.3 Å². The van der Waals surface area contributed by atoms with Crippen molar-refractivity contribution in [3.63, 3.8) is 0 Å². The van der Waals surface area contributed by atoms with E-state index in [1.165, 1.54) is 124 Å². The van der Waals surface area contributed by atoms with E-state index >= 15 is 0 Å². The first-order valence-corrected chi connectivity index (χ1v) is 32.8. The van der Waals surface area contributed by atoms with E-state index in [0.717, 1.165) is 24.3 Å². The third kappa shape index (κ3) is 31.6. The van der Waals surface area contributed by atoms with Crippen LogP contribution in [0.4, 0.5) is 37.7 Å². The van der Waals surface area contributed by atoms with Gasteiger partial charge in [-0.25, -0.2) is 50.0 Å². The molecule has 3 aromatic heterocycles. The fourth-order valence-electron chi connectivity index (χ4n) is 7.59. The molecule has 0 unspecified atom stereocenters. The molecule has 0 aliphatic carbocycles. The first kappa shape index (κ1) is 101. The van der Waals surface area contributed by atoms with E-state index in [-0.39, 0.29) is 158 Å². The van der Waals surface area contributed by atoms with Crippen LogP contribution in [0.1, 0.15) is 82.8 Å². The highest BCUT2D eigenvalue weighted by Crippen LogP contribution is 2.39. The fourth-order valence-corrected chi connectivity index (χ4v) is 10.00. The van der Waals surface area contributed by atoms with E-state index in [0.29, 0.717) is 47.0 Å². The summed E-state index contributed by atoms with van der Waals surface area (Å²) in [5.41, 5.74) is 6.79. The number of aromatic nitrogens is 9. The van der Waals surface area contributed by atoms with Crippen molar-refractivity contribution in [3.8, 4) is 45.8 Å². The van der Waals surface area contributed by atoms with Crippen LogP contribution in [0.2, 0.25) is 50.2 Å². The lowest BCUT2D eigenvalue weighted by molar-refractivity contribution is -0.141. The molecule has 593 valence electrons. The van der Waals surface area contributed by atoms with Gasteiger partial charge in [-0.2, -0.15) is 26.3 Å². The molecule has 10 aromatic rings. The summed E-state index contributed by atoms with van der Waals surface area (Å²) in [7, 11) is 3.12. The van der Waals surface area contributed by atoms with Gasteiger partial charge < -0.3 is 73.3 Å². The SMILES string of the molecule is C.C.CCOC(=O)c1ncn(-c2cc(Cl)c(O)c(Cl)c2)n1.CN(Cc1cccc(C(F)(F)F)c1)C(=O)c1ncn(-c2cc(Cl)c(O)c(Cl)c2)n1.CNCc1cccc(C(F)(F)F)c1.N#[N+]c1cc(Cl)c(O)c(Cl)c1.Nc1cc(Cl)c(O)c(Cl)c1.O=C(O)c1ncn(-c2cc(Cl)c(O)c(Cl)c2)n1.[B].[C-]#[N+]CC(=O)OCC.[Cl-]. The molecule has 0 saturated carbocycles. The first-order chi connectivity index (χ1) is 50.2. The van der Waals surface area contributed by atoms with Crippen molar-refractivity contribution in [2.24, 2.45) is 0 Å². The number of aromatic hydroxyl groups is 5. The minimum Gasteiger partial charge on any atom is -1.00 e. The Labute approximate surface area is 686 Å². The predicted molar refractivity (Wildman–Crippen MR) is 406 cm³/mol. The third-order valence-electron chi connectivity index (χ3n) is 12.4. The number of aromatic carboxylic acids is 1. The van der Waals surface area contributed by atoms with Crippen molar-refractivity contribution in [3.05, 3.63) is 235 Å². The summed E-state index contributed by atoms with van der Waals surface area (Å²) in [6, 6.07) is 23.9. The lowest BCUT2D eigenvalue weighted by Gasteiger charge is -2.16. The maximum Gasteiger partial charge on any atom is 0.416 e. The molecular formula is C66H60BCl11F6N15O12. The van der Waals surface area contributed by atoms with Crippen LogP contribution in [-0.2, 0) is 39.7 Å². The maximum atomic E-state index is 12.8. The summed E-state index contributed by atoms with van der Waals surface area (Å²) >= 11 is 56.8. The number of benzene rings is 7. The number of hydrogen-bond donors (Lipinski definition) is 8. The van der Waals surface area contributed by atoms with E-state index in [4.69, 9.17) is 154 Å². The fraction of sp³-hybridized carbons (Fsp3) is 0.197. The van der Waals surface area contributed by atoms with Crippen molar-refractivity contribution in [1.29, 1.82) is 5.39 Å². The molecule has 0 aliphatic heterocycles. The summed E-state index contributed by atoms with van der Waals surface area (Å²) in [5.74, 6) is -4.52. The molecule has 3 radical (unpaired) electrons. The molecule has 0 atom stereocenters. The quantitative estimate of drug-likeness (QED) is 0.0101. The first-order valence-electron chi connectivity index (χ1n) is 29.1. The number of nitrogens with zero attached hydrogens (tertiary/aromatic N) is 13. The number of alkyl halides is 6. The number of nitrogen functional groups attached to an aromatic ring is 1. The number of nitrogens with one attached hydrogen (secondary N) is 1. The number of ether oxygens (including phenoxy) is 2. The van der Waals surface area contributed by atoms with E-state index in [9.17, 15) is 60.8 Å². The number of esters is 2. The van der Waals surface area contributed by atoms with Crippen LogP contribution < -0.4 is 23.5 Å². The van der Waals surface area contributed by atoms with Gasteiger partial charge in [-0.1, -0.05) is 161 Å². The average Bonchev–Trinajstić information content (AvgIpc) is 1.79. The number of phenols is 5. The number of carbonyl (C=O) groups excluding carboxylic acids is 3. The molecule has 0 saturated heterocycles. The Balaban J connectivity index is 0.00000132. The zero-order valence-electron chi connectivity index (χ0n) is 55.7. The molecule has 27 nitrogen and oxygen atoms in total. The molecule has 3 heterocycles. The van der Waals surface area contributed by atoms with Crippen molar-refractivity contribution in [2.75, 3.05) is 39.6 Å². The van der Waals surface area contributed by atoms with Crippen molar-refractivity contribution < 1.29 is 98.0 Å². The molecule has 10 rings (SSSR count). The summed E-state index contributed by atoms with van der Waals surface area (Å²) in [5, 5.41) is 78.6. The van der Waals surface area contributed by atoms with Gasteiger partial charge >= 0.3 is 42.5 Å². The number of phenolic OH excluding ortho intramolecular Hbond substituents is 5. The van der Waals surface area contributed by atoms with Crippen LogP contribution in [0.3, 0.4) is 0 Å². The largest absolute Gasteiger partial charge is 1.00 e. The number of hydrogen-bond acceptors (Lipinski definition) is 20. The normalized spacial score (nSPS) is 10.1. The number of amides is 1. The summed E-state index contributed by atoms with van der Waals surface area (Å²) in [4.78, 5) is 63.0. The summed E-state index contributed by atoms with van der Waals surface area (Å²) < 4.78 is 88.0. The predicted octanol–water partition coefficient (Wildman–Crippen LogP) is 15.3. The zero-order valence-corrected chi connectivity index (χ0v) is 64.0. The molecule has 0 aliphatic rings. The number of diazo groups is 1. The topological polar surface area (TPSA) is 374 Å². The van der Waals surface area contributed by atoms with E-state index in [1.807, 2.05) is 0 Å². The van der Waals surface area contributed by atoms with Gasteiger partial charge in [0.25, 0.3) is 17.6 Å². The Morgan fingerprint density at radius 1 is 0.559 bits per heavy atom. The minimum atomic E-state index is -4.47. The number of anilines is 1. The van der Waals surface area contributed by atoms with Gasteiger partial charge in [-0.05, 0) is 98.8 Å². The number of halogens is 17. The molecule has 0 bridgehead atoms. The Kier molecular flexibility index (Phi) is 43.4. The second-order valence-corrected chi connectivity index (χ2v) is 24.3. The van der Waals surface area contributed by atoms with E-state index in [2.05, 4.69) is 50.1 Å². The van der Waals surface area contributed by atoms with Gasteiger partial charge in [0.2, 0.25) is 11.2 Å². The summed E-state index contributed by atoms with van der Waals surface area (Å²) in [6.45, 7) is 10.5. The van der Waals surface area contributed by atoms with Crippen molar-refractivity contribution >= 4 is 160 Å². The second kappa shape index (κ2) is 47.5. The van der Waals surface area contributed by atoms with Gasteiger partial charge in [0.05, 0.1) is 104 Å². The van der Waals surface area contributed by atoms with Crippen LogP contribution in [0.25, 0.3) is 26.9 Å². The molecule has 0 spiro atoms. The zero-order chi connectivity index (χ0) is 80.4. The Morgan fingerprint density at radius 3 is 1.23 bits per heavy atom. The smallest absolute Gasteiger partial charge is 0.416 e. The van der Waals surface area contributed by atoms with Crippen LogP contribution in [0.15, 0.2) is 128 Å². The monoisotopic (exact) mass is 1760 g/mol. The van der Waals surface area contributed by atoms with E-state index in [1.54, 1.807) is 27.0 Å². The third-order valence-corrected chi connectivity index (χ3v) is 15.3. The molecule has 45 heteroatoms. The van der Waals surface area contributed by atoms with E-state index < -0.39 is 47.3 Å². The van der Waals surface area contributed by atoms with Crippen LogP contribution in [-0.4, -0.2) is 146 Å². The molecular weight excluding hydrogens is 1710 g/mol. The molecule has 9 N–H and O–H groups in total. The Hall–Kier alpha value is -9.66. The number of nitrogens with two attached hydrogens (primary N) is 1. The molecule has 1 amide bonds. The lowest BCUT2D eigenvalue weighted by atomic mass is 10.1.